The first-order valence-electron chi connectivity index (χ1n) is 3.73. The van der Waals surface area contributed by atoms with Gasteiger partial charge in [-0.1, -0.05) is 6.07 Å². The number of carbonyl (C=O) groups excluding carboxylic acids is 1. The number of rotatable bonds is 1. The van der Waals surface area contributed by atoms with E-state index in [-0.39, 0.29) is 0 Å². The van der Waals surface area contributed by atoms with E-state index in [4.69, 9.17) is 5.39 Å². The van der Waals surface area contributed by atoms with Crippen LogP contribution in [-0.4, -0.2) is 13.1 Å². The summed E-state index contributed by atoms with van der Waals surface area (Å²) in [5.41, 5.74) is 1.40. The molecule has 66 valence electrons. The lowest BCUT2D eigenvalue weighted by Crippen LogP contribution is -2.03. The Morgan fingerprint density at radius 2 is 2.23 bits per heavy atom. The Hall–Kier alpha value is -1.89. The topological polar surface area (TPSA) is 54.5 Å². The smallest absolute Gasteiger partial charge is 0.388 e. The third kappa shape index (κ3) is 1.64. The first kappa shape index (κ1) is 9.20. The number of hydrogen-bond donors (Lipinski definition) is 0. The number of ether oxygens (including phenoxy) is 1. The highest BCUT2D eigenvalue weighted by Gasteiger charge is 2.17. The van der Waals surface area contributed by atoms with Crippen LogP contribution in [-0.2, 0) is 4.74 Å². The third-order valence-corrected chi connectivity index (χ3v) is 1.82. The molecule has 0 aromatic heterocycles. The molecule has 0 atom stereocenters. The first-order chi connectivity index (χ1) is 6.20. The van der Waals surface area contributed by atoms with Gasteiger partial charge >= 0.3 is 11.7 Å². The third-order valence-electron chi connectivity index (χ3n) is 1.82. The number of diazo groups is 1. The van der Waals surface area contributed by atoms with Gasteiger partial charge in [-0.3, -0.25) is 0 Å². The second-order valence-electron chi connectivity index (χ2n) is 2.54. The predicted octanol–water partition coefficient (Wildman–Crippen LogP) is 2.27. The summed E-state index contributed by atoms with van der Waals surface area (Å²) in [4.78, 5) is 14.2. The summed E-state index contributed by atoms with van der Waals surface area (Å²) in [7, 11) is 1.31. The molecular weight excluding hydrogens is 168 g/mol. The first-order valence-corrected chi connectivity index (χ1v) is 3.73. The zero-order valence-corrected chi connectivity index (χ0v) is 7.44. The zero-order valence-electron chi connectivity index (χ0n) is 7.44. The molecule has 0 saturated heterocycles. The molecule has 0 amide bonds. The van der Waals surface area contributed by atoms with Gasteiger partial charge in [-0.2, -0.15) is 0 Å². The summed E-state index contributed by atoms with van der Waals surface area (Å²) in [6.45, 7) is 1.70. The summed E-state index contributed by atoms with van der Waals surface area (Å²) < 4.78 is 4.55. The van der Waals surface area contributed by atoms with E-state index in [1.807, 2.05) is 0 Å². The van der Waals surface area contributed by atoms with Crippen molar-refractivity contribution in [2.24, 2.45) is 0 Å². The minimum Gasteiger partial charge on any atom is -0.465 e. The number of esters is 1. The van der Waals surface area contributed by atoms with Crippen molar-refractivity contribution < 1.29 is 9.53 Å². The molecule has 0 N–H and O–H groups in total. The summed E-state index contributed by atoms with van der Waals surface area (Å²) in [5.74, 6) is -0.428. The summed E-state index contributed by atoms with van der Waals surface area (Å²) in [6.07, 6.45) is 0. The molecule has 0 heterocycles. The van der Waals surface area contributed by atoms with Crippen molar-refractivity contribution in [3.63, 3.8) is 0 Å². The Labute approximate surface area is 75.8 Å². The number of hydrogen-bond acceptors (Lipinski definition) is 3. The van der Waals surface area contributed by atoms with Crippen LogP contribution in [0.1, 0.15) is 15.9 Å². The largest absolute Gasteiger partial charge is 0.465 e. The second-order valence-corrected chi connectivity index (χ2v) is 2.54. The number of carbonyl (C=O) groups is 1. The predicted molar refractivity (Wildman–Crippen MR) is 47.3 cm³/mol. The maximum Gasteiger partial charge on any atom is 0.388 e. The average molecular weight is 177 g/mol. The van der Waals surface area contributed by atoms with Gasteiger partial charge in [0.2, 0.25) is 5.39 Å². The monoisotopic (exact) mass is 177 g/mol. The van der Waals surface area contributed by atoms with Gasteiger partial charge < -0.3 is 4.74 Å². The van der Waals surface area contributed by atoms with Gasteiger partial charge in [0.15, 0.2) is 4.98 Å². The Balaban J connectivity index is 3.25. The molecule has 0 bridgehead atoms. The van der Waals surface area contributed by atoms with Crippen molar-refractivity contribution in [1.82, 2.24) is 0 Å². The van der Waals surface area contributed by atoms with Gasteiger partial charge in [-0.15, -0.1) is 0 Å². The van der Waals surface area contributed by atoms with Crippen LogP contribution in [0.3, 0.4) is 0 Å². The zero-order chi connectivity index (χ0) is 9.84. The van der Waals surface area contributed by atoms with Crippen LogP contribution >= 0.6 is 0 Å². The molecule has 0 unspecified atom stereocenters. The number of nitrogens with zero attached hydrogens (tertiary/aromatic N) is 2. The van der Waals surface area contributed by atoms with E-state index in [1.165, 1.54) is 7.11 Å². The molecule has 0 radical (unpaired) electrons. The minimum atomic E-state index is -0.428. The number of benzene rings is 1. The molecule has 4 heteroatoms. The van der Waals surface area contributed by atoms with Gasteiger partial charge in [-0.05, 0) is 13.0 Å². The van der Waals surface area contributed by atoms with Crippen LogP contribution in [0.5, 0.6) is 0 Å². The highest BCUT2D eigenvalue weighted by Crippen LogP contribution is 2.21. The molecule has 1 rings (SSSR count). The number of methoxy groups -OCH3 is 1. The lowest BCUT2D eigenvalue weighted by molar-refractivity contribution is 0.0600. The second kappa shape index (κ2) is 3.68. The van der Waals surface area contributed by atoms with Crippen molar-refractivity contribution in [2.45, 2.75) is 6.92 Å². The van der Waals surface area contributed by atoms with E-state index >= 15 is 0 Å². The molecule has 0 spiro atoms. The molecular formula is C9H9N2O2+. The Morgan fingerprint density at radius 3 is 2.77 bits per heavy atom. The van der Waals surface area contributed by atoms with E-state index < -0.39 is 5.97 Å². The van der Waals surface area contributed by atoms with Crippen LogP contribution in [0.4, 0.5) is 5.69 Å². The van der Waals surface area contributed by atoms with Gasteiger partial charge in [0.1, 0.15) is 0 Å². The van der Waals surface area contributed by atoms with Crippen LogP contribution in [0.2, 0.25) is 0 Å². The summed E-state index contributed by atoms with van der Waals surface area (Å²) in [5, 5.41) is 8.57. The molecule has 4 nitrogen and oxygen atoms in total. The SMILES string of the molecule is COC(=O)c1cccc([N+]#N)c1C. The fraction of sp³-hybridized carbons (Fsp3) is 0.222. The maximum absolute atomic E-state index is 11.2. The summed E-state index contributed by atoms with van der Waals surface area (Å²) in [6, 6.07) is 4.87. The fourth-order valence-electron chi connectivity index (χ4n) is 1.06. The molecule has 0 aliphatic heterocycles. The molecule has 13 heavy (non-hydrogen) atoms. The van der Waals surface area contributed by atoms with Gasteiger partial charge in [0, 0.05) is 6.07 Å². The highest BCUT2D eigenvalue weighted by molar-refractivity contribution is 5.92. The van der Waals surface area contributed by atoms with Crippen molar-refractivity contribution in [3.05, 3.63) is 34.3 Å². The quantitative estimate of drug-likeness (QED) is 0.488. The Bertz CT molecular complexity index is 380. The lowest BCUT2D eigenvalue weighted by Gasteiger charge is -1.99. The van der Waals surface area contributed by atoms with Crippen molar-refractivity contribution in [1.29, 1.82) is 5.39 Å². The van der Waals surface area contributed by atoms with E-state index in [0.29, 0.717) is 16.8 Å². The molecule has 1 aromatic rings. The lowest BCUT2D eigenvalue weighted by atomic mass is 10.1. The van der Waals surface area contributed by atoms with E-state index in [9.17, 15) is 4.79 Å². The van der Waals surface area contributed by atoms with Gasteiger partial charge in [-0.25, -0.2) is 4.79 Å². The van der Waals surface area contributed by atoms with E-state index in [0.717, 1.165) is 0 Å². The average Bonchev–Trinajstić information content (AvgIpc) is 2.17. The van der Waals surface area contributed by atoms with Crippen LogP contribution in [0.25, 0.3) is 4.98 Å². The molecule has 0 fully saturated rings. The maximum atomic E-state index is 11.2. The van der Waals surface area contributed by atoms with Crippen molar-refractivity contribution >= 4 is 11.7 Å². The summed E-state index contributed by atoms with van der Waals surface area (Å²) >= 11 is 0. The van der Waals surface area contributed by atoms with Crippen LogP contribution in [0.15, 0.2) is 18.2 Å². The standard InChI is InChI=1S/C9H9N2O2/c1-6-7(9(12)13-2)4-3-5-8(6)11-10/h3-5H,1-2H3/q+1. The normalized spacial score (nSPS) is 9.00. The van der Waals surface area contributed by atoms with E-state index in [1.54, 1.807) is 25.1 Å². The molecule has 0 aliphatic carbocycles. The molecule has 1 aromatic carbocycles. The molecule has 0 aliphatic rings. The van der Waals surface area contributed by atoms with Crippen LogP contribution in [0, 0.1) is 12.3 Å². The van der Waals surface area contributed by atoms with Gasteiger partial charge in [0.25, 0.3) is 0 Å². The van der Waals surface area contributed by atoms with Gasteiger partial charge in [0.05, 0.1) is 18.2 Å². The minimum absolute atomic E-state index is 0.378. The van der Waals surface area contributed by atoms with E-state index in [2.05, 4.69) is 9.71 Å². The van der Waals surface area contributed by atoms with Crippen molar-refractivity contribution in [2.75, 3.05) is 7.11 Å². The van der Waals surface area contributed by atoms with Crippen molar-refractivity contribution in [3.8, 4) is 0 Å². The van der Waals surface area contributed by atoms with Crippen LogP contribution < -0.4 is 0 Å². The Morgan fingerprint density at radius 1 is 1.54 bits per heavy atom. The fourth-order valence-corrected chi connectivity index (χ4v) is 1.06. The molecule has 0 saturated carbocycles. The highest BCUT2D eigenvalue weighted by atomic mass is 16.5. The Kier molecular flexibility index (Phi) is 2.60.